The summed E-state index contributed by atoms with van der Waals surface area (Å²) in [7, 11) is 0. The molecule has 0 bridgehead atoms. The highest BCUT2D eigenvalue weighted by molar-refractivity contribution is 7.80. The standard InChI is InChI=1S/C18H31N3S/c1-12(20-21-16(19)22)9-14-10-13-7-6-8-17(2,3)15(13)11-18(14,4)5/h14H,6-11H2,1-5H3,(H3,19,21,22)/b20-12-/t14-/m0/s1. The van der Waals surface area contributed by atoms with E-state index in [4.69, 9.17) is 18.0 Å². The second-order valence-corrected chi connectivity index (χ2v) is 8.85. The lowest BCUT2D eigenvalue weighted by molar-refractivity contribution is 0.166. The molecule has 1 atom stereocenters. The number of hydrogen-bond acceptors (Lipinski definition) is 2. The summed E-state index contributed by atoms with van der Waals surface area (Å²) in [6, 6.07) is 0. The van der Waals surface area contributed by atoms with E-state index in [-0.39, 0.29) is 5.11 Å². The molecule has 0 unspecified atom stereocenters. The molecule has 2 aliphatic carbocycles. The summed E-state index contributed by atoms with van der Waals surface area (Å²) in [6.45, 7) is 11.8. The van der Waals surface area contributed by atoms with Gasteiger partial charge in [0.1, 0.15) is 0 Å². The van der Waals surface area contributed by atoms with Crippen LogP contribution in [0.1, 0.15) is 73.1 Å². The van der Waals surface area contributed by atoms with E-state index in [0.29, 0.717) is 16.7 Å². The number of nitrogens with two attached hydrogens (primary N) is 1. The molecule has 0 spiro atoms. The van der Waals surface area contributed by atoms with Crippen molar-refractivity contribution in [3.8, 4) is 0 Å². The van der Waals surface area contributed by atoms with Crippen molar-refractivity contribution in [1.82, 2.24) is 5.43 Å². The maximum absolute atomic E-state index is 5.45. The number of thiocarbonyl (C=S) groups is 1. The van der Waals surface area contributed by atoms with Crippen LogP contribution in [0, 0.1) is 16.7 Å². The largest absolute Gasteiger partial charge is 0.375 e. The van der Waals surface area contributed by atoms with Crippen molar-refractivity contribution in [3.05, 3.63) is 11.1 Å². The van der Waals surface area contributed by atoms with E-state index in [1.165, 1.54) is 32.1 Å². The van der Waals surface area contributed by atoms with Crippen LogP contribution in [-0.2, 0) is 0 Å². The van der Waals surface area contributed by atoms with Gasteiger partial charge >= 0.3 is 0 Å². The zero-order valence-electron chi connectivity index (χ0n) is 14.8. The number of allylic oxidation sites excluding steroid dienone is 2. The molecular weight excluding hydrogens is 290 g/mol. The summed E-state index contributed by atoms with van der Waals surface area (Å²) in [5.74, 6) is 0.650. The molecule has 0 amide bonds. The van der Waals surface area contributed by atoms with Crippen molar-refractivity contribution >= 4 is 23.0 Å². The second kappa shape index (κ2) is 6.31. The summed E-state index contributed by atoms with van der Waals surface area (Å²) < 4.78 is 0. The van der Waals surface area contributed by atoms with Gasteiger partial charge in [0.05, 0.1) is 0 Å². The smallest absolute Gasteiger partial charge is 0.184 e. The van der Waals surface area contributed by atoms with Crippen LogP contribution in [0.5, 0.6) is 0 Å². The van der Waals surface area contributed by atoms with Gasteiger partial charge in [-0.1, -0.05) is 38.8 Å². The highest BCUT2D eigenvalue weighted by Crippen LogP contribution is 2.54. The van der Waals surface area contributed by atoms with E-state index < -0.39 is 0 Å². The van der Waals surface area contributed by atoms with Crippen LogP contribution >= 0.6 is 12.2 Å². The number of nitrogens with zero attached hydrogens (tertiary/aromatic N) is 1. The SMILES string of the molecule is C/C(C[C@H]1CC2=C(CC1(C)C)C(C)(C)CCC2)=N/NC(N)=S. The minimum Gasteiger partial charge on any atom is -0.375 e. The highest BCUT2D eigenvalue weighted by atomic mass is 32.1. The molecule has 0 fully saturated rings. The van der Waals surface area contributed by atoms with Gasteiger partial charge in [-0.05, 0) is 74.4 Å². The second-order valence-electron chi connectivity index (χ2n) is 8.41. The number of nitrogens with one attached hydrogen (secondary N) is 1. The van der Waals surface area contributed by atoms with Crippen molar-refractivity contribution in [2.45, 2.75) is 73.1 Å². The van der Waals surface area contributed by atoms with Crippen LogP contribution in [0.25, 0.3) is 0 Å². The van der Waals surface area contributed by atoms with Crippen LogP contribution < -0.4 is 11.2 Å². The fourth-order valence-electron chi connectivity index (χ4n) is 4.19. The van der Waals surface area contributed by atoms with Crippen molar-refractivity contribution in [2.24, 2.45) is 27.6 Å². The Morgan fingerprint density at radius 2 is 2.05 bits per heavy atom. The van der Waals surface area contributed by atoms with E-state index in [9.17, 15) is 0 Å². The molecule has 0 aromatic heterocycles. The van der Waals surface area contributed by atoms with Crippen LogP contribution in [0.4, 0.5) is 0 Å². The van der Waals surface area contributed by atoms with Gasteiger partial charge in [0.25, 0.3) is 0 Å². The van der Waals surface area contributed by atoms with Crippen molar-refractivity contribution in [2.75, 3.05) is 0 Å². The Kier molecular flexibility index (Phi) is 5.00. The molecule has 0 aliphatic heterocycles. The zero-order chi connectivity index (χ0) is 16.5. The van der Waals surface area contributed by atoms with Gasteiger partial charge < -0.3 is 5.73 Å². The third-order valence-electron chi connectivity index (χ3n) is 5.65. The molecule has 2 rings (SSSR count). The van der Waals surface area contributed by atoms with Gasteiger partial charge in [0.2, 0.25) is 0 Å². The van der Waals surface area contributed by atoms with Crippen molar-refractivity contribution in [1.29, 1.82) is 0 Å². The number of rotatable bonds is 3. The molecule has 22 heavy (non-hydrogen) atoms. The van der Waals surface area contributed by atoms with Gasteiger partial charge in [0.15, 0.2) is 5.11 Å². The van der Waals surface area contributed by atoms with Crippen LogP contribution in [0.3, 0.4) is 0 Å². The lowest BCUT2D eigenvalue weighted by Crippen LogP contribution is -2.36. The van der Waals surface area contributed by atoms with Crippen LogP contribution in [0.15, 0.2) is 16.2 Å². The lowest BCUT2D eigenvalue weighted by atomic mass is 9.57. The van der Waals surface area contributed by atoms with Crippen molar-refractivity contribution in [3.63, 3.8) is 0 Å². The van der Waals surface area contributed by atoms with Gasteiger partial charge in [-0.25, -0.2) is 0 Å². The Bertz CT molecular complexity index is 514. The zero-order valence-corrected chi connectivity index (χ0v) is 15.6. The van der Waals surface area contributed by atoms with E-state index in [2.05, 4.69) is 45.1 Å². The molecule has 0 heterocycles. The van der Waals surface area contributed by atoms with Crippen LogP contribution in [0.2, 0.25) is 0 Å². The number of hydrazone groups is 1. The maximum atomic E-state index is 5.45. The quantitative estimate of drug-likeness (QED) is 0.347. The van der Waals surface area contributed by atoms with E-state index >= 15 is 0 Å². The predicted molar refractivity (Wildman–Crippen MR) is 98.8 cm³/mol. The molecule has 0 aromatic carbocycles. The first kappa shape index (κ1) is 17.5. The molecule has 124 valence electrons. The molecule has 0 saturated carbocycles. The summed E-state index contributed by atoms with van der Waals surface area (Å²) in [4.78, 5) is 0. The molecule has 2 aliphatic rings. The normalized spacial score (nSPS) is 27.3. The first-order valence-corrected chi connectivity index (χ1v) is 8.82. The van der Waals surface area contributed by atoms with Crippen molar-refractivity contribution < 1.29 is 0 Å². The third kappa shape index (κ3) is 3.89. The Morgan fingerprint density at radius 3 is 2.68 bits per heavy atom. The molecule has 0 aromatic rings. The fourth-order valence-corrected chi connectivity index (χ4v) is 4.23. The Balaban J connectivity index is 2.16. The molecule has 0 saturated heterocycles. The molecule has 4 heteroatoms. The number of hydrogen-bond donors (Lipinski definition) is 2. The Morgan fingerprint density at radius 1 is 1.36 bits per heavy atom. The van der Waals surface area contributed by atoms with E-state index in [1.54, 1.807) is 11.1 Å². The third-order valence-corrected chi connectivity index (χ3v) is 5.74. The maximum Gasteiger partial charge on any atom is 0.184 e. The molecular formula is C18H31N3S. The monoisotopic (exact) mass is 321 g/mol. The topological polar surface area (TPSA) is 50.4 Å². The van der Waals surface area contributed by atoms with Crippen LogP contribution in [-0.4, -0.2) is 10.8 Å². The van der Waals surface area contributed by atoms with Gasteiger partial charge in [0, 0.05) is 5.71 Å². The van der Waals surface area contributed by atoms with Gasteiger partial charge in [-0.3, -0.25) is 5.43 Å². The minimum atomic E-state index is 0.237. The van der Waals surface area contributed by atoms with Gasteiger partial charge in [-0.15, -0.1) is 0 Å². The minimum absolute atomic E-state index is 0.237. The molecule has 3 nitrogen and oxygen atoms in total. The van der Waals surface area contributed by atoms with Gasteiger partial charge in [-0.2, -0.15) is 5.10 Å². The molecule has 0 radical (unpaired) electrons. The summed E-state index contributed by atoms with van der Waals surface area (Å²) >= 11 is 4.82. The predicted octanol–water partition coefficient (Wildman–Crippen LogP) is 4.53. The Hall–Kier alpha value is -0.900. The summed E-state index contributed by atoms with van der Waals surface area (Å²) in [6.07, 6.45) is 7.45. The summed E-state index contributed by atoms with van der Waals surface area (Å²) in [5.41, 5.74) is 13.5. The summed E-state index contributed by atoms with van der Waals surface area (Å²) in [5, 5.41) is 4.54. The first-order valence-electron chi connectivity index (χ1n) is 8.42. The highest BCUT2D eigenvalue weighted by Gasteiger charge is 2.41. The van der Waals surface area contributed by atoms with E-state index in [0.717, 1.165) is 12.1 Å². The van der Waals surface area contributed by atoms with E-state index in [1.807, 2.05) is 0 Å². The Labute approximate surface area is 140 Å². The molecule has 3 N–H and O–H groups in total. The average Bonchev–Trinajstić information content (AvgIpc) is 2.38. The lowest BCUT2D eigenvalue weighted by Gasteiger charge is -2.47. The average molecular weight is 322 g/mol. The first-order chi connectivity index (χ1) is 10.1. The fraction of sp³-hybridized carbons (Fsp3) is 0.778.